The summed E-state index contributed by atoms with van der Waals surface area (Å²) >= 11 is 0. The summed E-state index contributed by atoms with van der Waals surface area (Å²) in [6, 6.07) is 13.4. The highest BCUT2D eigenvalue weighted by Crippen LogP contribution is 2.31. The number of hydrogen-bond acceptors (Lipinski definition) is 8. The number of H-pyrrole nitrogens is 1. The number of carbonyl (C=O) groups is 2. The van der Waals surface area contributed by atoms with Gasteiger partial charge in [-0.05, 0) is 44.5 Å². The molecule has 0 amide bonds. The minimum Gasteiger partial charge on any atom is -0.459 e. The molecule has 194 valence electrons. The van der Waals surface area contributed by atoms with Crippen molar-refractivity contribution >= 4 is 11.9 Å². The number of carbonyl (C=O) groups excluding carboxylic acids is 2. The fraction of sp³-hybridized carbons (Fsp3) is 0.333. The van der Waals surface area contributed by atoms with Gasteiger partial charge in [0.2, 0.25) is 0 Å². The van der Waals surface area contributed by atoms with Crippen molar-refractivity contribution in [1.29, 1.82) is 0 Å². The third-order valence-electron chi connectivity index (χ3n) is 6.20. The molecule has 2 heterocycles. The quantitative estimate of drug-likeness (QED) is 0.463. The van der Waals surface area contributed by atoms with Gasteiger partial charge in [0.05, 0.1) is 11.1 Å². The monoisotopic (exact) mass is 508 g/mol. The van der Waals surface area contributed by atoms with Gasteiger partial charge in [0.15, 0.2) is 12.3 Å². The molecule has 0 aliphatic carbocycles. The Kier molecular flexibility index (Phi) is 7.70. The van der Waals surface area contributed by atoms with Crippen LogP contribution in [0.4, 0.5) is 0 Å². The van der Waals surface area contributed by atoms with E-state index in [1.165, 1.54) is 6.20 Å². The minimum atomic E-state index is -1.49. The number of aryl methyl sites for hydroxylation is 3. The summed E-state index contributed by atoms with van der Waals surface area (Å²) in [4.78, 5) is 52.1. The van der Waals surface area contributed by atoms with Gasteiger partial charge in [-0.1, -0.05) is 42.3 Å². The SMILES string of the molecule is CCc1cn([C@@H]2O[C@H](COC(=O)c3ccc(C)cc3)[C@@H](OC(=O)c3ccc(C)cc3)[C@H]2O)c(=O)[nH]c1=O. The molecule has 1 aromatic heterocycles. The number of ether oxygens (including phenoxy) is 3. The van der Waals surface area contributed by atoms with Crippen LogP contribution in [0.25, 0.3) is 0 Å². The first-order valence-corrected chi connectivity index (χ1v) is 11.9. The molecule has 1 fully saturated rings. The number of hydrogen-bond donors (Lipinski definition) is 2. The van der Waals surface area contributed by atoms with E-state index in [4.69, 9.17) is 14.2 Å². The molecule has 2 N–H and O–H groups in total. The first kappa shape index (κ1) is 26.1. The first-order valence-electron chi connectivity index (χ1n) is 11.9. The Bertz CT molecular complexity index is 1390. The Balaban J connectivity index is 1.59. The van der Waals surface area contributed by atoms with Crippen molar-refractivity contribution in [3.05, 3.63) is 103 Å². The van der Waals surface area contributed by atoms with Crippen molar-refractivity contribution in [1.82, 2.24) is 9.55 Å². The summed E-state index contributed by atoms with van der Waals surface area (Å²) in [5.74, 6) is -1.34. The molecule has 37 heavy (non-hydrogen) atoms. The van der Waals surface area contributed by atoms with E-state index in [0.717, 1.165) is 15.7 Å². The lowest BCUT2D eigenvalue weighted by atomic mass is 10.1. The second-order valence-electron chi connectivity index (χ2n) is 8.93. The lowest BCUT2D eigenvalue weighted by Gasteiger charge is -2.21. The number of aliphatic hydroxyl groups is 1. The maximum absolute atomic E-state index is 12.8. The highest BCUT2D eigenvalue weighted by Gasteiger charge is 2.48. The van der Waals surface area contributed by atoms with E-state index in [1.807, 2.05) is 13.8 Å². The second-order valence-corrected chi connectivity index (χ2v) is 8.93. The molecule has 4 atom stereocenters. The molecule has 0 radical (unpaired) electrons. The lowest BCUT2D eigenvalue weighted by molar-refractivity contribution is -0.0615. The number of aromatic nitrogens is 2. The van der Waals surface area contributed by atoms with Crippen molar-refractivity contribution in [2.75, 3.05) is 6.61 Å². The molecule has 1 aliphatic rings. The van der Waals surface area contributed by atoms with Crippen LogP contribution in [0.2, 0.25) is 0 Å². The van der Waals surface area contributed by atoms with Gasteiger partial charge in [-0.2, -0.15) is 0 Å². The normalized spacial score (nSPS) is 21.0. The van der Waals surface area contributed by atoms with Crippen LogP contribution >= 0.6 is 0 Å². The van der Waals surface area contributed by atoms with Crippen molar-refractivity contribution in [3.63, 3.8) is 0 Å². The van der Waals surface area contributed by atoms with Gasteiger partial charge in [-0.25, -0.2) is 14.4 Å². The minimum absolute atomic E-state index is 0.256. The first-order chi connectivity index (χ1) is 17.7. The zero-order valence-corrected chi connectivity index (χ0v) is 20.7. The number of nitrogens with one attached hydrogen (secondary N) is 1. The van der Waals surface area contributed by atoms with E-state index in [0.29, 0.717) is 17.5 Å². The average molecular weight is 509 g/mol. The predicted octanol–water partition coefficient (Wildman–Crippen LogP) is 2.06. The number of benzene rings is 2. The molecular formula is C27H28N2O8. The van der Waals surface area contributed by atoms with E-state index in [9.17, 15) is 24.3 Å². The number of aliphatic hydroxyl groups excluding tert-OH is 1. The molecule has 1 aliphatic heterocycles. The summed E-state index contributed by atoms with van der Waals surface area (Å²) in [5.41, 5.74) is 1.46. The highest BCUT2D eigenvalue weighted by atomic mass is 16.6. The van der Waals surface area contributed by atoms with Gasteiger partial charge < -0.3 is 19.3 Å². The Labute approximate surface area is 212 Å². The van der Waals surface area contributed by atoms with Crippen molar-refractivity contribution in [2.45, 2.75) is 51.7 Å². The standard InChI is InChI=1S/C27H28N2O8/c1-4-17-13-29(27(34)28-23(17)31)24-21(30)22(37-26(33)19-11-7-16(3)8-12-19)20(36-24)14-35-25(32)18-9-5-15(2)6-10-18/h5-13,20-22,24,30H,4,14H2,1-3H3,(H,28,31,34)/t20-,21-,22-,24-/m1/s1. The van der Waals surface area contributed by atoms with Crippen LogP contribution in [0, 0.1) is 13.8 Å². The third kappa shape index (κ3) is 5.71. The molecule has 10 heteroatoms. The predicted molar refractivity (Wildman–Crippen MR) is 132 cm³/mol. The Morgan fingerprint density at radius 1 is 0.973 bits per heavy atom. The van der Waals surface area contributed by atoms with E-state index < -0.39 is 47.7 Å². The maximum Gasteiger partial charge on any atom is 0.338 e. The van der Waals surface area contributed by atoms with Gasteiger partial charge in [0.1, 0.15) is 18.8 Å². The van der Waals surface area contributed by atoms with Gasteiger partial charge in [-0.3, -0.25) is 14.3 Å². The molecule has 3 aromatic rings. The molecule has 0 saturated carbocycles. The highest BCUT2D eigenvalue weighted by molar-refractivity contribution is 5.90. The number of nitrogens with zero attached hydrogens (tertiary/aromatic N) is 1. The van der Waals surface area contributed by atoms with Crippen molar-refractivity contribution in [3.8, 4) is 0 Å². The van der Waals surface area contributed by atoms with E-state index in [2.05, 4.69) is 4.98 Å². The average Bonchev–Trinajstić information content (AvgIpc) is 3.18. The molecule has 0 unspecified atom stereocenters. The number of rotatable bonds is 7. The zero-order chi connectivity index (χ0) is 26.7. The van der Waals surface area contributed by atoms with Crippen LogP contribution in [-0.2, 0) is 20.6 Å². The van der Waals surface area contributed by atoms with Crippen LogP contribution < -0.4 is 11.2 Å². The summed E-state index contributed by atoms with van der Waals surface area (Å²) in [7, 11) is 0. The Hall–Kier alpha value is -4.02. The summed E-state index contributed by atoms with van der Waals surface area (Å²) in [5, 5.41) is 11.1. The van der Waals surface area contributed by atoms with Crippen LogP contribution in [0.5, 0.6) is 0 Å². The maximum atomic E-state index is 12.8. The fourth-order valence-corrected chi connectivity index (χ4v) is 4.01. The number of aromatic amines is 1. The fourth-order valence-electron chi connectivity index (χ4n) is 4.01. The van der Waals surface area contributed by atoms with Crippen LogP contribution in [-0.4, -0.2) is 51.5 Å². The smallest absolute Gasteiger partial charge is 0.338 e. The summed E-state index contributed by atoms with van der Waals surface area (Å²) in [6.45, 7) is 5.15. The summed E-state index contributed by atoms with van der Waals surface area (Å²) < 4.78 is 17.9. The second kappa shape index (κ2) is 10.9. The topological polar surface area (TPSA) is 137 Å². The lowest BCUT2D eigenvalue weighted by Crippen LogP contribution is -2.41. The van der Waals surface area contributed by atoms with E-state index >= 15 is 0 Å². The van der Waals surface area contributed by atoms with Gasteiger partial charge in [0.25, 0.3) is 5.56 Å². The molecular weight excluding hydrogens is 480 g/mol. The third-order valence-corrected chi connectivity index (χ3v) is 6.20. The van der Waals surface area contributed by atoms with Crippen molar-refractivity contribution < 1.29 is 28.9 Å². The molecule has 2 aromatic carbocycles. The van der Waals surface area contributed by atoms with E-state index in [-0.39, 0.29) is 12.2 Å². The molecule has 4 rings (SSSR count). The Morgan fingerprint density at radius 3 is 2.11 bits per heavy atom. The molecule has 0 spiro atoms. The largest absolute Gasteiger partial charge is 0.459 e. The van der Waals surface area contributed by atoms with Gasteiger partial charge in [0, 0.05) is 11.8 Å². The van der Waals surface area contributed by atoms with Crippen LogP contribution in [0.3, 0.4) is 0 Å². The zero-order valence-electron chi connectivity index (χ0n) is 20.7. The molecule has 0 bridgehead atoms. The molecule has 10 nitrogen and oxygen atoms in total. The van der Waals surface area contributed by atoms with Crippen molar-refractivity contribution in [2.24, 2.45) is 0 Å². The van der Waals surface area contributed by atoms with Crippen LogP contribution in [0.1, 0.15) is 50.6 Å². The summed E-state index contributed by atoms with van der Waals surface area (Å²) in [6.07, 6.45) is -3.52. The van der Waals surface area contributed by atoms with E-state index in [1.54, 1.807) is 55.5 Å². The molecule has 1 saturated heterocycles. The van der Waals surface area contributed by atoms with Gasteiger partial charge >= 0.3 is 17.6 Å². The number of esters is 2. The van der Waals surface area contributed by atoms with Gasteiger partial charge in [-0.15, -0.1) is 0 Å². The Morgan fingerprint density at radius 2 is 1.54 bits per heavy atom. The van der Waals surface area contributed by atoms with Crippen LogP contribution in [0.15, 0.2) is 64.3 Å².